The number of piperazine rings is 1. The van der Waals surface area contributed by atoms with E-state index in [9.17, 15) is 0 Å². The van der Waals surface area contributed by atoms with Gasteiger partial charge in [-0.15, -0.1) is 24.0 Å². The number of benzene rings is 1. The van der Waals surface area contributed by atoms with Gasteiger partial charge in [-0.25, -0.2) is 0 Å². The van der Waals surface area contributed by atoms with Gasteiger partial charge in [0.1, 0.15) is 0 Å². The summed E-state index contributed by atoms with van der Waals surface area (Å²) in [6, 6.07) is 11.5. The van der Waals surface area contributed by atoms with Crippen LogP contribution in [-0.2, 0) is 4.74 Å². The van der Waals surface area contributed by atoms with Crippen LogP contribution >= 0.6 is 24.0 Å². The molecule has 164 valence electrons. The van der Waals surface area contributed by atoms with Gasteiger partial charge in [-0.05, 0) is 43.6 Å². The van der Waals surface area contributed by atoms with Crippen LogP contribution in [0.2, 0.25) is 0 Å². The molecule has 29 heavy (non-hydrogen) atoms. The van der Waals surface area contributed by atoms with E-state index in [-0.39, 0.29) is 24.0 Å². The van der Waals surface area contributed by atoms with Gasteiger partial charge < -0.3 is 15.0 Å². The van der Waals surface area contributed by atoms with E-state index in [1.165, 1.54) is 18.4 Å². The summed E-state index contributed by atoms with van der Waals surface area (Å²) in [5, 5.41) is 3.66. The van der Waals surface area contributed by atoms with E-state index >= 15 is 0 Å². The molecule has 1 saturated heterocycles. The van der Waals surface area contributed by atoms with Crippen LogP contribution in [0.15, 0.2) is 35.3 Å². The number of halogens is 1. The molecule has 1 aliphatic carbocycles. The van der Waals surface area contributed by atoms with E-state index < -0.39 is 0 Å². The van der Waals surface area contributed by atoms with Crippen LogP contribution in [0.1, 0.15) is 51.1 Å². The van der Waals surface area contributed by atoms with Crippen molar-refractivity contribution in [2.75, 3.05) is 53.0 Å². The highest BCUT2D eigenvalue weighted by Crippen LogP contribution is 2.48. The first-order valence-corrected chi connectivity index (χ1v) is 11.0. The van der Waals surface area contributed by atoms with Crippen molar-refractivity contribution in [3.8, 4) is 0 Å². The molecule has 1 saturated carbocycles. The van der Waals surface area contributed by atoms with Gasteiger partial charge in [0.15, 0.2) is 5.96 Å². The maximum atomic E-state index is 5.57. The third-order valence-corrected chi connectivity index (χ3v) is 6.40. The minimum absolute atomic E-state index is 0. The smallest absolute Gasteiger partial charge is 0.193 e. The number of rotatable bonds is 9. The van der Waals surface area contributed by atoms with Gasteiger partial charge in [0.05, 0.1) is 0 Å². The molecule has 1 aliphatic heterocycles. The minimum Gasteiger partial charge on any atom is -0.382 e. The van der Waals surface area contributed by atoms with E-state index in [1.807, 2.05) is 7.05 Å². The molecular formula is C23H39IN4O. The topological polar surface area (TPSA) is 40.1 Å². The molecule has 1 unspecified atom stereocenters. The second-order valence-corrected chi connectivity index (χ2v) is 8.21. The van der Waals surface area contributed by atoms with Crippen LogP contribution < -0.4 is 5.32 Å². The molecule has 0 bridgehead atoms. The van der Waals surface area contributed by atoms with Crippen LogP contribution in [0.3, 0.4) is 0 Å². The molecule has 0 radical (unpaired) electrons. The molecule has 1 atom stereocenters. The van der Waals surface area contributed by atoms with E-state index in [0.29, 0.717) is 11.5 Å². The molecule has 3 rings (SSSR count). The summed E-state index contributed by atoms with van der Waals surface area (Å²) in [5.41, 5.74) is 1.87. The van der Waals surface area contributed by atoms with Crippen molar-refractivity contribution in [2.24, 2.45) is 10.4 Å². The summed E-state index contributed by atoms with van der Waals surface area (Å²) >= 11 is 0. The average molecular weight is 514 g/mol. The second-order valence-electron chi connectivity index (χ2n) is 8.21. The van der Waals surface area contributed by atoms with E-state index in [1.54, 1.807) is 0 Å². The number of aliphatic imine (C=N–C) groups is 1. The van der Waals surface area contributed by atoms with Gasteiger partial charge >= 0.3 is 0 Å². The van der Waals surface area contributed by atoms with Crippen LogP contribution in [0, 0.1) is 5.41 Å². The first-order chi connectivity index (χ1) is 13.7. The van der Waals surface area contributed by atoms with E-state index in [4.69, 9.17) is 4.74 Å². The molecular weight excluding hydrogens is 475 g/mol. The van der Waals surface area contributed by atoms with Crippen molar-refractivity contribution >= 4 is 29.9 Å². The van der Waals surface area contributed by atoms with Crippen molar-refractivity contribution in [1.82, 2.24) is 15.1 Å². The highest BCUT2D eigenvalue weighted by molar-refractivity contribution is 14.0. The predicted molar refractivity (Wildman–Crippen MR) is 132 cm³/mol. The van der Waals surface area contributed by atoms with Crippen molar-refractivity contribution in [3.05, 3.63) is 35.9 Å². The summed E-state index contributed by atoms with van der Waals surface area (Å²) in [7, 11) is 1.91. The maximum absolute atomic E-state index is 5.57. The Bertz CT molecular complexity index is 613. The standard InChI is InChI=1S/C23H38N4O.HI/c1-4-21(20-9-7-6-8-10-20)26-14-16-27(17-15-26)22(24-3)25-19-23(11-12-23)13-18-28-5-2;/h6-10,21H,4-5,11-19H2,1-3H3,(H,24,25);1H. The largest absolute Gasteiger partial charge is 0.382 e. The van der Waals surface area contributed by atoms with Crippen LogP contribution in [-0.4, -0.2) is 68.7 Å². The Kier molecular flexibility index (Phi) is 10.2. The molecule has 0 amide bonds. The predicted octanol–water partition coefficient (Wildman–Crippen LogP) is 4.16. The lowest BCUT2D eigenvalue weighted by Gasteiger charge is -2.40. The fraction of sp³-hybridized carbons (Fsp3) is 0.696. The van der Waals surface area contributed by atoms with Gasteiger partial charge in [0, 0.05) is 59.0 Å². The minimum atomic E-state index is 0. The lowest BCUT2D eigenvalue weighted by atomic mass is 10.0. The van der Waals surface area contributed by atoms with Gasteiger partial charge in [0.2, 0.25) is 0 Å². The molecule has 1 N–H and O–H groups in total. The number of ether oxygens (including phenoxy) is 1. The summed E-state index contributed by atoms with van der Waals surface area (Å²) in [5.74, 6) is 1.06. The molecule has 1 heterocycles. The summed E-state index contributed by atoms with van der Waals surface area (Å²) in [6.07, 6.45) is 4.94. The Labute approximate surface area is 194 Å². The quantitative estimate of drug-likeness (QED) is 0.233. The van der Waals surface area contributed by atoms with Crippen molar-refractivity contribution < 1.29 is 4.74 Å². The molecule has 5 nitrogen and oxygen atoms in total. The highest BCUT2D eigenvalue weighted by atomic mass is 127. The van der Waals surface area contributed by atoms with Gasteiger partial charge in [-0.3, -0.25) is 9.89 Å². The molecule has 2 aliphatic rings. The van der Waals surface area contributed by atoms with Crippen LogP contribution in [0.5, 0.6) is 0 Å². The number of hydrogen-bond donors (Lipinski definition) is 1. The lowest BCUT2D eigenvalue weighted by Crippen LogP contribution is -2.53. The van der Waals surface area contributed by atoms with Crippen LogP contribution in [0.25, 0.3) is 0 Å². The molecule has 6 heteroatoms. The van der Waals surface area contributed by atoms with Gasteiger partial charge in [0.25, 0.3) is 0 Å². The van der Waals surface area contributed by atoms with Crippen molar-refractivity contribution in [3.63, 3.8) is 0 Å². The maximum Gasteiger partial charge on any atom is 0.193 e. The Morgan fingerprint density at radius 3 is 2.38 bits per heavy atom. The zero-order valence-corrected chi connectivity index (χ0v) is 20.7. The van der Waals surface area contributed by atoms with E-state index in [0.717, 1.165) is 64.7 Å². The third-order valence-electron chi connectivity index (χ3n) is 6.40. The summed E-state index contributed by atoms with van der Waals surface area (Å²) < 4.78 is 5.57. The average Bonchev–Trinajstić information content (AvgIpc) is 3.51. The third kappa shape index (κ3) is 6.82. The number of nitrogens with zero attached hydrogens (tertiary/aromatic N) is 3. The number of nitrogens with one attached hydrogen (secondary N) is 1. The van der Waals surface area contributed by atoms with Crippen molar-refractivity contribution in [2.45, 2.75) is 45.6 Å². The van der Waals surface area contributed by atoms with Crippen LogP contribution in [0.4, 0.5) is 0 Å². The van der Waals surface area contributed by atoms with Crippen molar-refractivity contribution in [1.29, 1.82) is 0 Å². The zero-order valence-electron chi connectivity index (χ0n) is 18.4. The fourth-order valence-electron chi connectivity index (χ4n) is 4.35. The molecule has 0 aromatic heterocycles. The Balaban J connectivity index is 0.00000300. The molecule has 2 fully saturated rings. The Hall–Kier alpha value is -0.860. The zero-order chi connectivity index (χ0) is 19.8. The normalized spacial score (nSPS) is 20.1. The second kappa shape index (κ2) is 12.1. The fourth-order valence-corrected chi connectivity index (χ4v) is 4.35. The molecule has 0 spiro atoms. The Morgan fingerprint density at radius 2 is 1.83 bits per heavy atom. The number of guanidine groups is 1. The monoisotopic (exact) mass is 514 g/mol. The van der Waals surface area contributed by atoms with E-state index in [2.05, 4.69) is 64.3 Å². The first kappa shape index (κ1) is 24.4. The lowest BCUT2D eigenvalue weighted by molar-refractivity contribution is 0.123. The molecule has 1 aromatic carbocycles. The Morgan fingerprint density at radius 1 is 1.14 bits per heavy atom. The SMILES string of the molecule is CCOCCC1(CNC(=NC)N2CCN(C(CC)c3ccccc3)CC2)CC1.I. The number of hydrogen-bond acceptors (Lipinski definition) is 3. The highest BCUT2D eigenvalue weighted by Gasteiger charge is 2.42. The summed E-state index contributed by atoms with van der Waals surface area (Å²) in [4.78, 5) is 9.62. The summed E-state index contributed by atoms with van der Waals surface area (Å²) in [6.45, 7) is 11.3. The van der Waals surface area contributed by atoms with Gasteiger partial charge in [-0.1, -0.05) is 37.3 Å². The molecule has 1 aromatic rings. The first-order valence-electron chi connectivity index (χ1n) is 11.0. The van der Waals surface area contributed by atoms with Gasteiger partial charge in [-0.2, -0.15) is 0 Å².